The van der Waals surface area contributed by atoms with E-state index >= 15 is 0 Å². The summed E-state index contributed by atoms with van der Waals surface area (Å²) in [4.78, 5) is 8.60. The van der Waals surface area contributed by atoms with Crippen molar-refractivity contribution < 1.29 is 22.7 Å². The summed E-state index contributed by atoms with van der Waals surface area (Å²) in [5, 5.41) is 5.73. The second-order valence-electron chi connectivity index (χ2n) is 6.28. The van der Waals surface area contributed by atoms with Crippen molar-refractivity contribution in [2.45, 2.75) is 12.6 Å². The SMILES string of the molecule is C=N/C(=N\OC)c1ccc2cc(OCCc3cccc(C(F)(F)F)c3)ccc2c1. The summed E-state index contributed by atoms with van der Waals surface area (Å²) in [6.45, 7) is 3.76. The first-order valence-corrected chi connectivity index (χ1v) is 8.81. The molecule has 0 aliphatic rings. The van der Waals surface area contributed by atoms with Gasteiger partial charge in [-0.1, -0.05) is 41.6 Å². The lowest BCUT2D eigenvalue weighted by molar-refractivity contribution is -0.137. The lowest BCUT2D eigenvalue weighted by atomic mass is 10.1. The van der Waals surface area contributed by atoms with Crippen LogP contribution in [-0.4, -0.2) is 26.3 Å². The predicted octanol–water partition coefficient (Wildman–Crippen LogP) is 5.49. The second-order valence-corrected chi connectivity index (χ2v) is 6.28. The fraction of sp³-hybridized carbons (Fsp3) is 0.182. The van der Waals surface area contributed by atoms with Crippen LogP contribution < -0.4 is 4.74 Å². The van der Waals surface area contributed by atoms with Gasteiger partial charge in [-0.15, -0.1) is 0 Å². The predicted molar refractivity (Wildman–Crippen MR) is 108 cm³/mol. The Morgan fingerprint density at radius 1 is 1.00 bits per heavy atom. The zero-order valence-electron chi connectivity index (χ0n) is 15.7. The van der Waals surface area contributed by atoms with Crippen molar-refractivity contribution in [3.63, 3.8) is 0 Å². The van der Waals surface area contributed by atoms with Gasteiger partial charge in [0.1, 0.15) is 12.9 Å². The summed E-state index contributed by atoms with van der Waals surface area (Å²) in [7, 11) is 1.44. The first kappa shape index (κ1) is 20.4. The molecule has 0 aliphatic heterocycles. The third-order valence-corrected chi connectivity index (χ3v) is 4.31. The Morgan fingerprint density at radius 2 is 1.76 bits per heavy atom. The molecule has 150 valence electrons. The first-order valence-electron chi connectivity index (χ1n) is 8.81. The van der Waals surface area contributed by atoms with Crippen LogP contribution in [0.1, 0.15) is 16.7 Å². The molecular formula is C22H19F3N2O2. The summed E-state index contributed by atoms with van der Waals surface area (Å²) in [6.07, 6.45) is -3.97. The zero-order chi connectivity index (χ0) is 20.9. The summed E-state index contributed by atoms with van der Waals surface area (Å²) in [5.41, 5.74) is 0.696. The van der Waals surface area contributed by atoms with Crippen LogP contribution in [0.3, 0.4) is 0 Å². The van der Waals surface area contributed by atoms with Crippen molar-refractivity contribution >= 4 is 23.3 Å². The molecule has 3 rings (SSSR count). The minimum Gasteiger partial charge on any atom is -0.493 e. The van der Waals surface area contributed by atoms with Gasteiger partial charge in [-0.2, -0.15) is 13.2 Å². The van der Waals surface area contributed by atoms with Gasteiger partial charge in [-0.25, -0.2) is 4.99 Å². The molecule has 0 aliphatic carbocycles. The lowest BCUT2D eigenvalue weighted by Crippen LogP contribution is -2.07. The number of alkyl halides is 3. The largest absolute Gasteiger partial charge is 0.493 e. The molecule has 0 N–H and O–H groups in total. The minimum absolute atomic E-state index is 0.274. The molecule has 3 aromatic rings. The van der Waals surface area contributed by atoms with E-state index in [0.717, 1.165) is 28.5 Å². The van der Waals surface area contributed by atoms with Gasteiger partial charge in [0.25, 0.3) is 0 Å². The average molecular weight is 400 g/mol. The van der Waals surface area contributed by atoms with Crippen LogP contribution in [-0.2, 0) is 17.4 Å². The third-order valence-electron chi connectivity index (χ3n) is 4.31. The number of rotatable bonds is 6. The highest BCUT2D eigenvalue weighted by molar-refractivity contribution is 6.03. The van der Waals surface area contributed by atoms with Gasteiger partial charge in [-0.05, 0) is 47.3 Å². The zero-order valence-corrected chi connectivity index (χ0v) is 15.7. The molecule has 0 aromatic heterocycles. The molecule has 0 fully saturated rings. The molecular weight excluding hydrogens is 381 g/mol. The maximum absolute atomic E-state index is 12.8. The van der Waals surface area contributed by atoms with E-state index in [4.69, 9.17) is 9.57 Å². The summed E-state index contributed by atoms with van der Waals surface area (Å²) in [5.74, 6) is 1.03. The van der Waals surface area contributed by atoms with Crippen molar-refractivity contribution in [3.8, 4) is 5.75 Å². The lowest BCUT2D eigenvalue weighted by Gasteiger charge is -2.10. The third kappa shape index (κ3) is 5.13. The monoisotopic (exact) mass is 400 g/mol. The van der Waals surface area contributed by atoms with E-state index < -0.39 is 11.7 Å². The molecule has 29 heavy (non-hydrogen) atoms. The van der Waals surface area contributed by atoms with Crippen LogP contribution in [0.5, 0.6) is 5.75 Å². The van der Waals surface area contributed by atoms with E-state index in [1.54, 1.807) is 6.07 Å². The van der Waals surface area contributed by atoms with Crippen LogP contribution in [0.25, 0.3) is 10.8 Å². The molecule has 0 saturated heterocycles. The molecule has 0 bridgehead atoms. The van der Waals surface area contributed by atoms with Crippen LogP contribution in [0.4, 0.5) is 13.2 Å². The van der Waals surface area contributed by atoms with Gasteiger partial charge >= 0.3 is 6.18 Å². The van der Waals surface area contributed by atoms with Crippen LogP contribution in [0, 0.1) is 0 Å². The Balaban J connectivity index is 1.68. The topological polar surface area (TPSA) is 43.2 Å². The maximum atomic E-state index is 12.8. The number of fused-ring (bicyclic) bond motifs is 1. The number of halogens is 3. The van der Waals surface area contributed by atoms with Gasteiger partial charge in [0.15, 0.2) is 5.84 Å². The number of ether oxygens (including phenoxy) is 1. The number of oxime groups is 1. The Morgan fingerprint density at radius 3 is 2.48 bits per heavy atom. The highest BCUT2D eigenvalue weighted by atomic mass is 19.4. The molecule has 0 amide bonds. The molecule has 0 unspecified atom stereocenters. The van der Waals surface area contributed by atoms with E-state index in [1.807, 2.05) is 36.4 Å². The fourth-order valence-electron chi connectivity index (χ4n) is 2.90. The summed E-state index contributed by atoms with van der Waals surface area (Å²) in [6, 6.07) is 16.5. The Hall–Kier alpha value is -3.35. The van der Waals surface area contributed by atoms with E-state index in [-0.39, 0.29) is 6.61 Å². The van der Waals surface area contributed by atoms with Crippen molar-refractivity contribution in [1.29, 1.82) is 0 Å². The van der Waals surface area contributed by atoms with Crippen molar-refractivity contribution in [2.24, 2.45) is 10.1 Å². The number of aliphatic imine (C=N–C) groups is 1. The minimum atomic E-state index is -4.34. The quantitative estimate of drug-likeness (QED) is 0.312. The Kier molecular flexibility index (Phi) is 6.16. The van der Waals surface area contributed by atoms with Crippen molar-refractivity contribution in [2.75, 3.05) is 13.7 Å². The number of hydrogen-bond donors (Lipinski definition) is 0. The molecule has 3 aromatic carbocycles. The second kappa shape index (κ2) is 8.77. The van der Waals surface area contributed by atoms with E-state index in [1.165, 1.54) is 13.2 Å². The highest BCUT2D eigenvalue weighted by Crippen LogP contribution is 2.29. The van der Waals surface area contributed by atoms with Crippen LogP contribution in [0.15, 0.2) is 70.8 Å². The van der Waals surface area contributed by atoms with E-state index in [9.17, 15) is 13.2 Å². The molecule has 0 atom stereocenters. The summed E-state index contributed by atoms with van der Waals surface area (Å²) < 4.78 is 44.1. The van der Waals surface area contributed by atoms with Gasteiger partial charge < -0.3 is 9.57 Å². The normalized spacial score (nSPS) is 12.1. The Bertz CT molecular complexity index is 1050. The van der Waals surface area contributed by atoms with Crippen molar-refractivity contribution in [3.05, 3.63) is 77.4 Å². The highest BCUT2D eigenvalue weighted by Gasteiger charge is 2.30. The van der Waals surface area contributed by atoms with Gasteiger partial charge in [0.05, 0.1) is 12.2 Å². The molecule has 7 heteroatoms. The van der Waals surface area contributed by atoms with E-state index in [0.29, 0.717) is 23.6 Å². The molecule has 0 radical (unpaired) electrons. The first-order chi connectivity index (χ1) is 13.9. The standard InChI is InChI=1S/C22H19F3N2O2/c1-26-21(27-28-2)18-7-6-17-14-20(9-8-16(17)13-18)29-11-10-15-4-3-5-19(12-15)22(23,24)25/h3-9,12-14H,1,10-11H2,2H3/b27-21-. The maximum Gasteiger partial charge on any atom is 0.416 e. The smallest absolute Gasteiger partial charge is 0.416 e. The van der Waals surface area contributed by atoms with Gasteiger partial charge in [0, 0.05) is 12.0 Å². The number of hydrogen-bond acceptors (Lipinski definition) is 3. The summed E-state index contributed by atoms with van der Waals surface area (Å²) >= 11 is 0. The fourth-order valence-corrected chi connectivity index (χ4v) is 2.90. The van der Waals surface area contributed by atoms with E-state index in [2.05, 4.69) is 16.9 Å². The Labute approximate surface area is 166 Å². The molecule has 0 heterocycles. The van der Waals surface area contributed by atoms with Crippen LogP contribution in [0.2, 0.25) is 0 Å². The average Bonchev–Trinajstić information content (AvgIpc) is 2.71. The number of nitrogens with zero attached hydrogens (tertiary/aromatic N) is 2. The van der Waals surface area contributed by atoms with Crippen LogP contribution >= 0.6 is 0 Å². The number of benzene rings is 3. The molecule has 0 saturated carbocycles. The number of amidine groups is 1. The van der Waals surface area contributed by atoms with Gasteiger partial charge in [0.2, 0.25) is 0 Å². The van der Waals surface area contributed by atoms with Crippen molar-refractivity contribution in [1.82, 2.24) is 0 Å². The molecule has 4 nitrogen and oxygen atoms in total. The van der Waals surface area contributed by atoms with Gasteiger partial charge in [-0.3, -0.25) is 0 Å². The molecule has 0 spiro atoms.